The fourth-order valence-corrected chi connectivity index (χ4v) is 2.74. The SMILES string of the molecule is COc1ccc(S[C@H](C)C(=O)NCc2cc[nH]c(=O)c2)cc1. The van der Waals surface area contributed by atoms with Crippen molar-refractivity contribution < 1.29 is 9.53 Å². The second-order valence-corrected chi connectivity index (χ2v) is 6.13. The Balaban J connectivity index is 1.87. The molecule has 1 aromatic carbocycles. The van der Waals surface area contributed by atoms with E-state index in [1.165, 1.54) is 17.8 Å². The molecular formula is C16H18N2O3S. The normalized spacial score (nSPS) is 11.7. The summed E-state index contributed by atoms with van der Waals surface area (Å²) >= 11 is 1.47. The van der Waals surface area contributed by atoms with Crippen LogP contribution in [0.5, 0.6) is 5.75 Å². The Morgan fingerprint density at radius 2 is 2.05 bits per heavy atom. The fraction of sp³-hybridized carbons (Fsp3) is 0.250. The van der Waals surface area contributed by atoms with Crippen molar-refractivity contribution in [3.63, 3.8) is 0 Å². The van der Waals surface area contributed by atoms with E-state index in [1.54, 1.807) is 19.4 Å². The highest BCUT2D eigenvalue weighted by atomic mass is 32.2. The summed E-state index contributed by atoms with van der Waals surface area (Å²) in [7, 11) is 1.62. The first-order valence-corrected chi connectivity index (χ1v) is 7.72. The Labute approximate surface area is 133 Å². The molecule has 116 valence electrons. The van der Waals surface area contributed by atoms with Gasteiger partial charge in [0.15, 0.2) is 0 Å². The highest BCUT2D eigenvalue weighted by molar-refractivity contribution is 8.00. The molecule has 22 heavy (non-hydrogen) atoms. The van der Waals surface area contributed by atoms with Gasteiger partial charge in [0.2, 0.25) is 11.5 Å². The standard InChI is InChI=1S/C16H18N2O3S/c1-11(22-14-5-3-13(21-2)4-6-14)16(20)18-10-12-7-8-17-15(19)9-12/h3-9,11H,10H2,1-2H3,(H,17,19)(H,18,20)/t11-/m1/s1. The molecule has 0 bridgehead atoms. The van der Waals surface area contributed by atoms with E-state index < -0.39 is 0 Å². The van der Waals surface area contributed by atoms with Gasteiger partial charge in [-0.1, -0.05) is 0 Å². The van der Waals surface area contributed by atoms with Crippen LogP contribution < -0.4 is 15.6 Å². The number of aromatic nitrogens is 1. The number of benzene rings is 1. The molecule has 0 saturated heterocycles. The number of methoxy groups -OCH3 is 1. The first kappa shape index (κ1) is 16.2. The van der Waals surface area contributed by atoms with E-state index in [2.05, 4.69) is 10.3 Å². The smallest absolute Gasteiger partial charge is 0.248 e. The number of carbonyl (C=O) groups is 1. The van der Waals surface area contributed by atoms with Crippen molar-refractivity contribution in [2.75, 3.05) is 7.11 Å². The third-order valence-corrected chi connectivity index (χ3v) is 4.16. The molecule has 0 saturated carbocycles. The summed E-state index contributed by atoms with van der Waals surface area (Å²) in [5.41, 5.74) is 0.603. The average Bonchev–Trinajstić information content (AvgIpc) is 2.53. The Morgan fingerprint density at radius 3 is 2.68 bits per heavy atom. The molecule has 1 heterocycles. The van der Waals surface area contributed by atoms with E-state index in [9.17, 15) is 9.59 Å². The molecule has 2 aromatic rings. The first-order valence-electron chi connectivity index (χ1n) is 6.84. The van der Waals surface area contributed by atoms with Crippen LogP contribution in [0.4, 0.5) is 0 Å². The minimum Gasteiger partial charge on any atom is -0.497 e. The Hall–Kier alpha value is -2.21. The molecule has 1 amide bonds. The van der Waals surface area contributed by atoms with Crippen molar-refractivity contribution >= 4 is 17.7 Å². The topological polar surface area (TPSA) is 71.2 Å². The van der Waals surface area contributed by atoms with Crippen LogP contribution >= 0.6 is 11.8 Å². The van der Waals surface area contributed by atoms with E-state index in [-0.39, 0.29) is 16.7 Å². The van der Waals surface area contributed by atoms with Crippen LogP contribution in [0.2, 0.25) is 0 Å². The van der Waals surface area contributed by atoms with Gasteiger partial charge in [-0.2, -0.15) is 0 Å². The van der Waals surface area contributed by atoms with Crippen molar-refractivity contribution in [3.8, 4) is 5.75 Å². The zero-order valence-corrected chi connectivity index (χ0v) is 13.3. The lowest BCUT2D eigenvalue weighted by Gasteiger charge is -2.12. The van der Waals surface area contributed by atoms with Crippen molar-refractivity contribution in [1.82, 2.24) is 10.3 Å². The predicted molar refractivity (Wildman–Crippen MR) is 87.2 cm³/mol. The fourth-order valence-electron chi connectivity index (χ4n) is 1.84. The van der Waals surface area contributed by atoms with Crippen LogP contribution in [0.15, 0.2) is 52.3 Å². The second kappa shape index (κ2) is 7.70. The van der Waals surface area contributed by atoms with E-state index in [4.69, 9.17) is 4.74 Å². The van der Waals surface area contributed by atoms with Crippen LogP contribution in [0.25, 0.3) is 0 Å². The van der Waals surface area contributed by atoms with Crippen LogP contribution in [0, 0.1) is 0 Å². The molecule has 0 aliphatic carbocycles. The minimum absolute atomic E-state index is 0.0684. The van der Waals surface area contributed by atoms with Gasteiger partial charge in [0, 0.05) is 23.7 Å². The number of hydrogen-bond acceptors (Lipinski definition) is 4. The maximum absolute atomic E-state index is 12.1. The van der Waals surface area contributed by atoms with Gasteiger partial charge in [0.25, 0.3) is 0 Å². The molecule has 2 N–H and O–H groups in total. The molecule has 0 spiro atoms. The maximum Gasteiger partial charge on any atom is 0.248 e. The zero-order valence-electron chi connectivity index (χ0n) is 12.5. The number of rotatable bonds is 6. The van der Waals surface area contributed by atoms with Crippen molar-refractivity contribution in [2.45, 2.75) is 23.6 Å². The molecule has 0 radical (unpaired) electrons. The van der Waals surface area contributed by atoms with E-state index in [1.807, 2.05) is 31.2 Å². The van der Waals surface area contributed by atoms with E-state index in [0.29, 0.717) is 6.54 Å². The highest BCUT2D eigenvalue weighted by Crippen LogP contribution is 2.25. The highest BCUT2D eigenvalue weighted by Gasteiger charge is 2.14. The molecule has 2 rings (SSSR count). The summed E-state index contributed by atoms with van der Waals surface area (Å²) in [6, 6.07) is 10.8. The van der Waals surface area contributed by atoms with Gasteiger partial charge in [0.05, 0.1) is 12.4 Å². The van der Waals surface area contributed by atoms with E-state index in [0.717, 1.165) is 16.2 Å². The quantitative estimate of drug-likeness (QED) is 0.801. The lowest BCUT2D eigenvalue weighted by molar-refractivity contribution is -0.120. The number of thioether (sulfide) groups is 1. The summed E-state index contributed by atoms with van der Waals surface area (Å²) < 4.78 is 5.10. The number of aromatic amines is 1. The number of amides is 1. The number of pyridine rings is 1. The summed E-state index contributed by atoms with van der Waals surface area (Å²) in [6.45, 7) is 2.19. The molecule has 0 aliphatic heterocycles. The Morgan fingerprint density at radius 1 is 1.32 bits per heavy atom. The van der Waals surface area contributed by atoms with E-state index >= 15 is 0 Å². The monoisotopic (exact) mass is 318 g/mol. The van der Waals surface area contributed by atoms with Gasteiger partial charge in [-0.25, -0.2) is 0 Å². The van der Waals surface area contributed by atoms with Gasteiger partial charge in [-0.05, 0) is 42.8 Å². The summed E-state index contributed by atoms with van der Waals surface area (Å²) in [6.07, 6.45) is 1.57. The average molecular weight is 318 g/mol. The molecule has 6 heteroatoms. The predicted octanol–water partition coefficient (Wildman–Crippen LogP) is 2.18. The molecule has 1 atom stereocenters. The molecule has 1 aromatic heterocycles. The molecular weight excluding hydrogens is 300 g/mol. The number of nitrogens with one attached hydrogen (secondary N) is 2. The molecule has 0 fully saturated rings. The van der Waals surface area contributed by atoms with Crippen LogP contribution in [-0.4, -0.2) is 23.3 Å². The first-order chi connectivity index (χ1) is 10.6. The maximum atomic E-state index is 12.1. The van der Waals surface area contributed by atoms with Crippen LogP contribution in [0.3, 0.4) is 0 Å². The third kappa shape index (κ3) is 4.66. The van der Waals surface area contributed by atoms with Crippen molar-refractivity contribution in [3.05, 3.63) is 58.5 Å². The summed E-state index contributed by atoms with van der Waals surface area (Å²) in [4.78, 5) is 26.8. The van der Waals surface area contributed by atoms with Gasteiger partial charge < -0.3 is 15.0 Å². The van der Waals surface area contributed by atoms with Crippen LogP contribution in [0.1, 0.15) is 12.5 Å². The molecule has 0 unspecified atom stereocenters. The minimum atomic E-state index is -0.226. The number of ether oxygens (including phenoxy) is 1. The second-order valence-electron chi connectivity index (χ2n) is 4.71. The lowest BCUT2D eigenvalue weighted by atomic mass is 10.2. The summed E-state index contributed by atoms with van der Waals surface area (Å²) in [5, 5.41) is 2.61. The molecule has 0 aliphatic rings. The van der Waals surface area contributed by atoms with Gasteiger partial charge in [-0.15, -0.1) is 11.8 Å². The number of hydrogen-bond donors (Lipinski definition) is 2. The number of H-pyrrole nitrogens is 1. The number of carbonyl (C=O) groups excluding carboxylic acids is 1. The Bertz CT molecular complexity index is 682. The zero-order chi connectivity index (χ0) is 15.9. The largest absolute Gasteiger partial charge is 0.497 e. The third-order valence-electron chi connectivity index (χ3n) is 3.05. The van der Waals surface area contributed by atoms with Gasteiger partial charge in [0.1, 0.15) is 5.75 Å². The summed E-state index contributed by atoms with van der Waals surface area (Å²) in [5.74, 6) is 0.719. The molecule has 5 nitrogen and oxygen atoms in total. The lowest BCUT2D eigenvalue weighted by Crippen LogP contribution is -2.30. The van der Waals surface area contributed by atoms with Gasteiger partial charge in [-0.3, -0.25) is 9.59 Å². The Kier molecular flexibility index (Phi) is 5.66. The van der Waals surface area contributed by atoms with Crippen LogP contribution in [-0.2, 0) is 11.3 Å². The van der Waals surface area contributed by atoms with Gasteiger partial charge >= 0.3 is 0 Å². The van der Waals surface area contributed by atoms with Crippen molar-refractivity contribution in [1.29, 1.82) is 0 Å². The van der Waals surface area contributed by atoms with Crippen molar-refractivity contribution in [2.24, 2.45) is 0 Å².